The first-order valence-corrected chi connectivity index (χ1v) is 18.3. The van der Waals surface area contributed by atoms with E-state index < -0.39 is 47.3 Å². The Labute approximate surface area is 144 Å². The SMILES string of the molecule is CC(=O)O.CCC[CH2][Sn][OH].CC[CH2][SnH]([CH2]CC)[CH2]CC. The van der Waals surface area contributed by atoms with Gasteiger partial charge in [-0.2, -0.15) is 0 Å². The Morgan fingerprint density at radius 3 is 1.45 bits per heavy atom. The number of rotatable bonds is 9. The third-order valence-electron chi connectivity index (χ3n) is 2.73. The third kappa shape index (κ3) is 36.4. The predicted molar refractivity (Wildman–Crippen MR) is 93.4 cm³/mol. The van der Waals surface area contributed by atoms with Crippen LogP contribution >= 0.6 is 0 Å². The second-order valence-electron chi connectivity index (χ2n) is 5.01. The van der Waals surface area contributed by atoms with E-state index in [1.165, 1.54) is 32.1 Å². The van der Waals surface area contributed by atoms with Crippen molar-refractivity contribution in [1.29, 1.82) is 0 Å². The van der Waals surface area contributed by atoms with Crippen LogP contribution < -0.4 is 0 Å². The van der Waals surface area contributed by atoms with Crippen LogP contribution in [-0.4, -0.2) is 55.8 Å². The van der Waals surface area contributed by atoms with Gasteiger partial charge in [0, 0.05) is 6.92 Å². The topological polar surface area (TPSA) is 57.5 Å². The maximum absolute atomic E-state index is 9.00. The summed E-state index contributed by atoms with van der Waals surface area (Å²) in [5, 5.41) is 7.42. The number of hydrogen-bond donors (Lipinski definition) is 2. The molecule has 122 valence electrons. The summed E-state index contributed by atoms with van der Waals surface area (Å²) >= 11 is -1.69. The van der Waals surface area contributed by atoms with Gasteiger partial charge in [0.2, 0.25) is 0 Å². The molecular weight excluding hydrogens is 466 g/mol. The van der Waals surface area contributed by atoms with Gasteiger partial charge < -0.3 is 5.11 Å². The third-order valence-corrected chi connectivity index (χ3v) is 16.3. The molecule has 0 aromatic rings. The Bertz CT molecular complexity index is 156. The van der Waals surface area contributed by atoms with Gasteiger partial charge in [0.1, 0.15) is 0 Å². The zero-order valence-corrected chi connectivity index (χ0v) is 20.4. The summed E-state index contributed by atoms with van der Waals surface area (Å²) in [6, 6.07) is 0. The van der Waals surface area contributed by atoms with Crippen LogP contribution in [0.25, 0.3) is 0 Å². The van der Waals surface area contributed by atoms with Gasteiger partial charge in [0.15, 0.2) is 0 Å². The molecule has 0 fully saturated rings. The van der Waals surface area contributed by atoms with E-state index in [1.807, 2.05) is 0 Å². The van der Waals surface area contributed by atoms with Crippen LogP contribution in [0.1, 0.15) is 66.7 Å². The van der Waals surface area contributed by atoms with E-state index in [1.54, 1.807) is 13.3 Å². The second kappa shape index (κ2) is 25.0. The molecule has 0 aliphatic rings. The van der Waals surface area contributed by atoms with Crippen molar-refractivity contribution in [1.82, 2.24) is 0 Å². The Balaban J connectivity index is -0.000000246. The van der Waals surface area contributed by atoms with Crippen molar-refractivity contribution in [2.45, 2.75) is 84.5 Å². The van der Waals surface area contributed by atoms with Crippen molar-refractivity contribution < 1.29 is 13.3 Å². The van der Waals surface area contributed by atoms with E-state index in [9.17, 15) is 0 Å². The normalized spacial score (nSPS) is 9.35. The Kier molecular flexibility index (Phi) is 32.5. The molecule has 5 heteroatoms. The molecule has 0 rings (SSSR count). The standard InChI is InChI=1S/C4H9.3C3H7.C2H4O2.H2O.2Sn.H/c1-3-4-2;3*1-3-2;1-2(3)4;;;;/h1,3-4H2,2H3;3*1,3H2,2H3;1H3,(H,3,4);1H2;;;/q;;;;;;;+1;/p-1. The van der Waals surface area contributed by atoms with Gasteiger partial charge in [-0.05, 0) is 0 Å². The monoisotopic (exact) mass is 504 g/mol. The number of unbranched alkanes of at least 4 members (excludes halogenated alkanes) is 1. The maximum atomic E-state index is 9.00. The fourth-order valence-corrected chi connectivity index (χ4v) is 12.8. The average Bonchev–Trinajstić information content (AvgIpc) is 2.37. The number of hydrogen-bond acceptors (Lipinski definition) is 2. The molecule has 0 aromatic heterocycles. The molecule has 0 aliphatic carbocycles. The van der Waals surface area contributed by atoms with Crippen LogP contribution in [0, 0.1) is 0 Å². The average molecular weight is 502 g/mol. The van der Waals surface area contributed by atoms with E-state index in [-0.39, 0.29) is 0 Å². The van der Waals surface area contributed by atoms with Crippen LogP contribution in [-0.2, 0) is 4.79 Å². The van der Waals surface area contributed by atoms with Crippen LogP contribution in [0.2, 0.25) is 17.7 Å². The van der Waals surface area contributed by atoms with E-state index in [2.05, 4.69) is 27.7 Å². The fraction of sp³-hybridized carbons (Fsp3) is 0.933. The molecule has 0 aromatic carbocycles. The summed E-state index contributed by atoms with van der Waals surface area (Å²) in [6.07, 6.45) is 6.85. The van der Waals surface area contributed by atoms with E-state index in [4.69, 9.17) is 13.3 Å². The van der Waals surface area contributed by atoms with Crippen molar-refractivity contribution in [3.63, 3.8) is 0 Å². The van der Waals surface area contributed by atoms with Crippen molar-refractivity contribution >= 4 is 47.3 Å². The van der Waals surface area contributed by atoms with Gasteiger partial charge >= 0.3 is 122 Å². The molecular formula is C15H36O3Sn2. The van der Waals surface area contributed by atoms with Gasteiger partial charge in [-0.15, -0.1) is 0 Å². The van der Waals surface area contributed by atoms with Gasteiger partial charge in [0.05, 0.1) is 0 Å². The van der Waals surface area contributed by atoms with Gasteiger partial charge in [-0.1, -0.05) is 0 Å². The van der Waals surface area contributed by atoms with E-state index >= 15 is 0 Å². The summed E-state index contributed by atoms with van der Waals surface area (Å²) in [5.41, 5.74) is 0. The minimum atomic E-state index is -0.880. The number of aliphatic carboxylic acids is 1. The number of carbonyl (C=O) groups is 1. The van der Waals surface area contributed by atoms with Crippen LogP contribution in [0.15, 0.2) is 0 Å². The van der Waals surface area contributed by atoms with Gasteiger partial charge in [-0.25, -0.2) is 0 Å². The molecule has 0 aliphatic heterocycles. The number of carboxylic acid groups (broad SMARTS) is 1. The Morgan fingerprint density at radius 2 is 1.30 bits per heavy atom. The summed E-state index contributed by atoms with van der Waals surface area (Å²) in [5.74, 6) is -0.833. The fourth-order valence-electron chi connectivity index (χ4n) is 1.91. The first kappa shape index (κ1) is 26.0. The van der Waals surface area contributed by atoms with E-state index in [0.29, 0.717) is 0 Å². The molecule has 0 saturated carbocycles. The van der Waals surface area contributed by atoms with Crippen molar-refractivity contribution in [2.75, 3.05) is 0 Å². The summed E-state index contributed by atoms with van der Waals surface area (Å²) in [4.78, 5) is 9.00. The number of carboxylic acids is 1. The molecule has 0 heterocycles. The molecule has 0 amide bonds. The summed E-state index contributed by atoms with van der Waals surface area (Å²) in [7, 11) is 0. The van der Waals surface area contributed by atoms with Gasteiger partial charge in [-0.3, -0.25) is 4.79 Å². The first-order chi connectivity index (χ1) is 9.49. The quantitative estimate of drug-likeness (QED) is 0.365. The molecule has 0 spiro atoms. The molecule has 0 unspecified atom stereocenters. The summed E-state index contributed by atoms with van der Waals surface area (Å²) in [6.45, 7) is 10.3. The predicted octanol–water partition coefficient (Wildman–Crippen LogP) is 4.35. The zero-order chi connectivity index (χ0) is 16.2. The molecule has 0 atom stereocenters. The van der Waals surface area contributed by atoms with Crippen molar-refractivity contribution in [3.8, 4) is 0 Å². The Hall–Kier alpha value is 1.03. The van der Waals surface area contributed by atoms with Crippen LogP contribution in [0.3, 0.4) is 0 Å². The zero-order valence-electron chi connectivity index (χ0n) is 14.2. The van der Waals surface area contributed by atoms with Crippen molar-refractivity contribution in [2.24, 2.45) is 0 Å². The molecule has 0 bridgehead atoms. The molecule has 3 nitrogen and oxygen atoms in total. The minimum absolute atomic E-state index is 0.810. The van der Waals surface area contributed by atoms with Crippen LogP contribution in [0.5, 0.6) is 0 Å². The van der Waals surface area contributed by atoms with Gasteiger partial charge in [0.25, 0.3) is 5.97 Å². The summed E-state index contributed by atoms with van der Waals surface area (Å²) < 4.78 is 14.5. The Morgan fingerprint density at radius 1 is 0.950 bits per heavy atom. The molecule has 0 saturated heterocycles. The van der Waals surface area contributed by atoms with E-state index in [0.717, 1.165) is 11.4 Å². The molecule has 20 heavy (non-hydrogen) atoms. The second-order valence-corrected chi connectivity index (χ2v) is 17.2. The molecule has 2 radical (unpaired) electrons. The van der Waals surface area contributed by atoms with Crippen LogP contribution in [0.4, 0.5) is 0 Å². The first-order valence-electron chi connectivity index (χ1n) is 8.06. The molecule has 2 N–H and O–H groups in total. The van der Waals surface area contributed by atoms with Crippen molar-refractivity contribution in [3.05, 3.63) is 0 Å².